The molecule has 38 heavy (non-hydrogen) atoms. The smallest absolute Gasteiger partial charge is 0.457 e. The molecule has 0 N–H and O–H groups in total. The van der Waals surface area contributed by atoms with Crippen LogP contribution < -0.4 is 4.74 Å². The number of likely N-dealkylation sites (tertiary alicyclic amines) is 1. The minimum atomic E-state index is -0.704. The summed E-state index contributed by atoms with van der Waals surface area (Å²) in [4.78, 5) is 27.1. The van der Waals surface area contributed by atoms with Gasteiger partial charge in [0.2, 0.25) is 6.79 Å². The fourth-order valence-corrected chi connectivity index (χ4v) is 6.91. The fraction of sp³-hybridized carbons (Fsp3) is 0.548. The van der Waals surface area contributed by atoms with Crippen LogP contribution in [-0.4, -0.2) is 42.6 Å². The summed E-state index contributed by atoms with van der Waals surface area (Å²) in [7, 11) is 0. The lowest BCUT2D eigenvalue weighted by Crippen LogP contribution is -2.62. The lowest BCUT2D eigenvalue weighted by Gasteiger charge is -2.58. The zero-order chi connectivity index (χ0) is 26.5. The maximum Gasteiger partial charge on any atom is 0.511 e. The van der Waals surface area contributed by atoms with E-state index in [1.165, 1.54) is 24.0 Å². The molecule has 3 aliphatic rings. The number of piperidine rings is 1. The summed E-state index contributed by atoms with van der Waals surface area (Å²) < 4.78 is 22.0. The third kappa shape index (κ3) is 5.47. The van der Waals surface area contributed by atoms with Crippen LogP contribution in [0.2, 0.25) is 0 Å². The minimum absolute atomic E-state index is 0.0431. The molecule has 0 spiro atoms. The summed E-state index contributed by atoms with van der Waals surface area (Å²) in [6.07, 6.45) is 7.01. The van der Waals surface area contributed by atoms with E-state index in [1.54, 1.807) is 0 Å². The monoisotopic (exact) mass is 521 g/mol. The number of rotatable bonds is 8. The number of nitrogens with zero attached hydrogens (tertiary/aromatic N) is 1. The molecule has 1 aliphatic heterocycles. The van der Waals surface area contributed by atoms with Gasteiger partial charge in [0.25, 0.3) is 0 Å². The first-order chi connectivity index (χ1) is 18.5. The predicted molar refractivity (Wildman–Crippen MR) is 143 cm³/mol. The van der Waals surface area contributed by atoms with Crippen LogP contribution in [0.3, 0.4) is 0 Å². The Labute approximate surface area is 225 Å². The molecule has 0 aromatic heterocycles. The van der Waals surface area contributed by atoms with Crippen molar-refractivity contribution in [2.45, 2.75) is 89.4 Å². The average Bonchev–Trinajstić information content (AvgIpc) is 2.92. The quantitative estimate of drug-likeness (QED) is 0.282. The van der Waals surface area contributed by atoms with Gasteiger partial charge < -0.3 is 23.8 Å². The number of fused-ring (bicyclic) bond motifs is 1. The van der Waals surface area contributed by atoms with Gasteiger partial charge >= 0.3 is 12.2 Å². The zero-order valence-corrected chi connectivity index (χ0v) is 22.5. The summed E-state index contributed by atoms with van der Waals surface area (Å²) in [5.41, 5.74) is 3.66. The van der Waals surface area contributed by atoms with Gasteiger partial charge in [-0.25, -0.2) is 9.59 Å². The van der Waals surface area contributed by atoms with E-state index in [1.807, 2.05) is 55.1 Å². The first-order valence-corrected chi connectivity index (χ1v) is 14.1. The summed E-state index contributed by atoms with van der Waals surface area (Å²) >= 11 is 0. The Bertz CT molecular complexity index is 1120. The highest BCUT2D eigenvalue weighted by atomic mass is 16.8. The molecule has 1 amide bonds. The van der Waals surface area contributed by atoms with E-state index in [2.05, 4.69) is 12.1 Å². The number of benzene rings is 2. The second kappa shape index (κ2) is 11.7. The molecule has 2 fully saturated rings. The highest BCUT2D eigenvalue weighted by Gasteiger charge is 2.55. The van der Waals surface area contributed by atoms with Gasteiger partial charge in [0.1, 0.15) is 18.5 Å². The Kier molecular flexibility index (Phi) is 8.10. The molecule has 7 nitrogen and oxygen atoms in total. The summed E-state index contributed by atoms with van der Waals surface area (Å²) in [6, 6.07) is 16.2. The average molecular weight is 522 g/mol. The maximum atomic E-state index is 13.2. The van der Waals surface area contributed by atoms with E-state index in [-0.39, 0.29) is 30.4 Å². The number of ether oxygens (including phenoxy) is 4. The van der Waals surface area contributed by atoms with Crippen LogP contribution in [-0.2, 0) is 32.7 Å². The Morgan fingerprint density at radius 2 is 1.92 bits per heavy atom. The van der Waals surface area contributed by atoms with E-state index in [9.17, 15) is 9.59 Å². The van der Waals surface area contributed by atoms with Crippen molar-refractivity contribution in [1.82, 2.24) is 4.90 Å². The molecule has 7 heteroatoms. The largest absolute Gasteiger partial charge is 0.511 e. The molecule has 204 valence electrons. The molecule has 2 bridgehead atoms. The van der Waals surface area contributed by atoms with Crippen molar-refractivity contribution < 1.29 is 28.5 Å². The van der Waals surface area contributed by atoms with Crippen LogP contribution in [0.15, 0.2) is 48.5 Å². The molecule has 2 aromatic rings. The number of carbonyl (C=O) groups is 2. The van der Waals surface area contributed by atoms with E-state index in [0.717, 1.165) is 44.1 Å². The van der Waals surface area contributed by atoms with Crippen molar-refractivity contribution in [3.05, 3.63) is 65.2 Å². The van der Waals surface area contributed by atoms with E-state index in [4.69, 9.17) is 18.9 Å². The number of carbonyl (C=O) groups excluding carboxylic acids is 2. The van der Waals surface area contributed by atoms with Crippen molar-refractivity contribution in [3.63, 3.8) is 0 Å². The third-order valence-corrected chi connectivity index (χ3v) is 8.64. The molecule has 5 rings (SSSR count). The number of amides is 1. The van der Waals surface area contributed by atoms with Crippen LogP contribution in [0.25, 0.3) is 0 Å². The third-order valence-electron chi connectivity index (χ3n) is 8.64. The SMILES string of the molecule is CCCC(C)OC(=O)OCOc1ccc2c(c1)[C@@]13CCCC[C@@H]1[C@H](C2)N(C(=O)OCc1ccccc1)CC3. The Hall–Kier alpha value is -3.22. The van der Waals surface area contributed by atoms with Gasteiger partial charge in [-0.05, 0) is 73.8 Å². The van der Waals surface area contributed by atoms with Crippen molar-refractivity contribution in [2.24, 2.45) is 5.92 Å². The predicted octanol–water partition coefficient (Wildman–Crippen LogP) is 6.76. The van der Waals surface area contributed by atoms with Crippen LogP contribution in [0, 0.1) is 5.92 Å². The van der Waals surface area contributed by atoms with Gasteiger partial charge in [0.05, 0.1) is 0 Å². The lowest BCUT2D eigenvalue weighted by molar-refractivity contribution is -0.0167. The first kappa shape index (κ1) is 26.4. The minimum Gasteiger partial charge on any atom is -0.457 e. The van der Waals surface area contributed by atoms with Gasteiger partial charge in [-0.15, -0.1) is 0 Å². The molecule has 1 saturated carbocycles. The molecule has 4 atom stereocenters. The van der Waals surface area contributed by atoms with E-state index >= 15 is 0 Å². The van der Waals surface area contributed by atoms with Crippen molar-refractivity contribution >= 4 is 12.2 Å². The molecule has 0 radical (unpaired) electrons. The standard InChI is InChI=1S/C31H39NO6/c1-3-9-22(2)38-30(34)37-21-36-25-14-13-24-18-28-26-12-7-8-15-31(26,27(24)19-25)16-17-32(28)29(33)35-20-23-10-5-4-6-11-23/h4-6,10-11,13-14,19,22,26,28H,3,7-9,12,15-18,20-21H2,1-2H3/t22?,26-,28+,31-/m1/s1. The normalized spacial score (nSPS) is 24.4. The second-order valence-electron chi connectivity index (χ2n) is 11.0. The Morgan fingerprint density at radius 3 is 2.74 bits per heavy atom. The topological polar surface area (TPSA) is 74.3 Å². The van der Waals surface area contributed by atoms with Gasteiger partial charge in [-0.2, -0.15) is 0 Å². The molecular formula is C31H39NO6. The van der Waals surface area contributed by atoms with E-state index in [0.29, 0.717) is 24.8 Å². The fourth-order valence-electron chi connectivity index (χ4n) is 6.91. The van der Waals surface area contributed by atoms with Gasteiger partial charge in [0, 0.05) is 18.0 Å². The van der Waals surface area contributed by atoms with E-state index < -0.39 is 6.16 Å². The molecule has 2 aromatic carbocycles. The van der Waals surface area contributed by atoms with Crippen LogP contribution in [0.1, 0.15) is 75.5 Å². The Balaban J connectivity index is 1.27. The summed E-state index contributed by atoms with van der Waals surface area (Å²) in [5.74, 6) is 1.10. The first-order valence-electron chi connectivity index (χ1n) is 14.1. The summed E-state index contributed by atoms with van der Waals surface area (Å²) in [5, 5.41) is 0. The van der Waals surface area contributed by atoms with Crippen molar-refractivity contribution in [3.8, 4) is 5.75 Å². The highest BCUT2D eigenvalue weighted by Crippen LogP contribution is 2.56. The maximum absolute atomic E-state index is 13.2. The summed E-state index contributed by atoms with van der Waals surface area (Å²) in [6.45, 7) is 4.71. The van der Waals surface area contributed by atoms with Crippen LogP contribution >= 0.6 is 0 Å². The van der Waals surface area contributed by atoms with Gasteiger partial charge in [0.15, 0.2) is 0 Å². The number of hydrogen-bond acceptors (Lipinski definition) is 6. The molecule has 2 aliphatic carbocycles. The zero-order valence-electron chi connectivity index (χ0n) is 22.5. The molecule has 1 saturated heterocycles. The van der Waals surface area contributed by atoms with Crippen LogP contribution in [0.4, 0.5) is 9.59 Å². The number of hydrogen-bond donors (Lipinski definition) is 0. The Morgan fingerprint density at radius 1 is 1.08 bits per heavy atom. The molecule has 1 unspecified atom stereocenters. The molecule has 1 heterocycles. The van der Waals surface area contributed by atoms with Crippen molar-refractivity contribution in [2.75, 3.05) is 13.3 Å². The van der Waals surface area contributed by atoms with Crippen molar-refractivity contribution in [1.29, 1.82) is 0 Å². The molecular weight excluding hydrogens is 482 g/mol. The van der Waals surface area contributed by atoms with Gasteiger partial charge in [-0.1, -0.05) is 62.6 Å². The second-order valence-corrected chi connectivity index (χ2v) is 11.0. The van der Waals surface area contributed by atoms with Crippen LogP contribution in [0.5, 0.6) is 5.75 Å². The highest BCUT2D eigenvalue weighted by molar-refractivity contribution is 5.69. The lowest BCUT2D eigenvalue weighted by atomic mass is 9.52. The van der Waals surface area contributed by atoms with Gasteiger partial charge in [-0.3, -0.25) is 0 Å².